The monoisotopic (exact) mass is 213 g/mol. The van der Waals surface area contributed by atoms with E-state index in [-0.39, 0.29) is 43.5 Å². The van der Waals surface area contributed by atoms with Crippen LogP contribution in [-0.4, -0.2) is 54.5 Å². The standard InChI is InChI=1S/C8H15NO3.Ca/c1-3-5-7(9(11)12)8(10)6-4-2;/h7H,3-6H2,1-2H3;. The maximum atomic E-state index is 11.1. The molecule has 0 aromatic heterocycles. The predicted octanol–water partition coefficient (Wildman–Crippen LogP) is 1.42. The molecule has 2 radical (unpaired) electrons. The molecular weight excluding hydrogens is 198 g/mol. The molecule has 0 N–H and O–H groups in total. The van der Waals surface area contributed by atoms with E-state index in [2.05, 4.69) is 0 Å². The molecule has 0 aliphatic rings. The molecule has 1 atom stereocenters. The molecule has 4 nitrogen and oxygen atoms in total. The molecule has 0 aliphatic carbocycles. The molecular formula is C8H15CaNO3. The minimum Gasteiger partial charge on any atom is -0.292 e. The van der Waals surface area contributed by atoms with Gasteiger partial charge in [-0.2, -0.15) is 0 Å². The number of carbonyl (C=O) groups excluding carboxylic acids is 1. The summed E-state index contributed by atoms with van der Waals surface area (Å²) in [6, 6.07) is -0.963. The van der Waals surface area contributed by atoms with E-state index >= 15 is 0 Å². The fourth-order valence-electron chi connectivity index (χ4n) is 1.07. The SMILES string of the molecule is CCCC(=O)C(CCC)[N+](=O)[O-].[Ca]. The van der Waals surface area contributed by atoms with Crippen molar-refractivity contribution in [2.75, 3.05) is 0 Å². The van der Waals surface area contributed by atoms with Gasteiger partial charge < -0.3 is 0 Å². The summed E-state index contributed by atoms with van der Waals surface area (Å²) < 4.78 is 0. The van der Waals surface area contributed by atoms with Gasteiger partial charge in [0.15, 0.2) is 0 Å². The van der Waals surface area contributed by atoms with Crippen LogP contribution in [0.15, 0.2) is 0 Å². The zero-order valence-electron chi connectivity index (χ0n) is 8.28. The Morgan fingerprint density at radius 1 is 1.38 bits per heavy atom. The molecule has 0 fully saturated rings. The maximum Gasteiger partial charge on any atom is 0.270 e. The molecule has 0 amide bonds. The van der Waals surface area contributed by atoms with Gasteiger partial charge in [0.1, 0.15) is 0 Å². The molecule has 0 aliphatic heterocycles. The molecule has 0 saturated carbocycles. The van der Waals surface area contributed by atoms with Gasteiger partial charge in [-0.1, -0.05) is 13.8 Å². The van der Waals surface area contributed by atoms with Crippen LogP contribution in [0.25, 0.3) is 0 Å². The number of hydrogen-bond donors (Lipinski definition) is 0. The second-order valence-electron chi connectivity index (χ2n) is 2.81. The van der Waals surface area contributed by atoms with Crippen molar-refractivity contribution < 1.29 is 9.72 Å². The maximum absolute atomic E-state index is 11.1. The van der Waals surface area contributed by atoms with Crippen LogP contribution in [0.1, 0.15) is 39.5 Å². The number of carbonyl (C=O) groups is 1. The zero-order valence-corrected chi connectivity index (χ0v) is 10.5. The minimum absolute atomic E-state index is 0. The molecule has 0 spiro atoms. The van der Waals surface area contributed by atoms with Crippen LogP contribution in [0.2, 0.25) is 0 Å². The van der Waals surface area contributed by atoms with Crippen molar-refractivity contribution in [3.63, 3.8) is 0 Å². The van der Waals surface area contributed by atoms with Gasteiger partial charge in [0.25, 0.3) is 6.04 Å². The first kappa shape index (κ1) is 15.8. The van der Waals surface area contributed by atoms with E-state index in [1.54, 1.807) is 0 Å². The summed E-state index contributed by atoms with van der Waals surface area (Å²) in [5.41, 5.74) is 0. The molecule has 0 aromatic carbocycles. The summed E-state index contributed by atoms with van der Waals surface area (Å²) in [4.78, 5) is 21.1. The molecule has 0 bridgehead atoms. The minimum atomic E-state index is -0.963. The largest absolute Gasteiger partial charge is 0.292 e. The van der Waals surface area contributed by atoms with Gasteiger partial charge in [-0.3, -0.25) is 14.9 Å². The van der Waals surface area contributed by atoms with Gasteiger partial charge in [0.2, 0.25) is 5.78 Å². The Kier molecular flexibility index (Phi) is 10.8. The summed E-state index contributed by atoms with van der Waals surface area (Å²) in [7, 11) is 0. The van der Waals surface area contributed by atoms with Crippen LogP contribution in [0.4, 0.5) is 0 Å². The van der Waals surface area contributed by atoms with Crippen molar-refractivity contribution in [1.82, 2.24) is 0 Å². The van der Waals surface area contributed by atoms with Gasteiger partial charge in [-0.15, -0.1) is 0 Å². The Morgan fingerprint density at radius 2 is 1.92 bits per heavy atom. The van der Waals surface area contributed by atoms with Crippen molar-refractivity contribution in [1.29, 1.82) is 0 Å². The van der Waals surface area contributed by atoms with Gasteiger partial charge in [0, 0.05) is 55.5 Å². The van der Waals surface area contributed by atoms with Crippen molar-refractivity contribution in [3.8, 4) is 0 Å². The van der Waals surface area contributed by atoms with Crippen LogP contribution in [0, 0.1) is 10.1 Å². The average molecular weight is 213 g/mol. The number of nitrogens with zero attached hydrogens (tertiary/aromatic N) is 1. The fraction of sp³-hybridized carbons (Fsp3) is 0.875. The Labute approximate surface area is 108 Å². The van der Waals surface area contributed by atoms with Gasteiger partial charge in [-0.05, 0) is 12.8 Å². The first-order valence-corrected chi connectivity index (χ1v) is 4.29. The number of rotatable bonds is 6. The van der Waals surface area contributed by atoms with Crippen molar-refractivity contribution in [2.24, 2.45) is 0 Å². The smallest absolute Gasteiger partial charge is 0.270 e. The molecule has 72 valence electrons. The average Bonchev–Trinajstić information content (AvgIpc) is 1.99. The van der Waals surface area contributed by atoms with Crippen LogP contribution < -0.4 is 0 Å². The van der Waals surface area contributed by atoms with Crippen LogP contribution in [-0.2, 0) is 4.79 Å². The second kappa shape index (κ2) is 8.91. The molecule has 0 aromatic rings. The summed E-state index contributed by atoms with van der Waals surface area (Å²) in [6.07, 6.45) is 2.06. The first-order valence-electron chi connectivity index (χ1n) is 4.29. The number of hydrogen-bond acceptors (Lipinski definition) is 3. The van der Waals surface area contributed by atoms with E-state index in [0.717, 1.165) is 0 Å². The fourth-order valence-corrected chi connectivity index (χ4v) is 1.07. The third-order valence-corrected chi connectivity index (χ3v) is 1.68. The van der Waals surface area contributed by atoms with E-state index in [1.807, 2.05) is 13.8 Å². The summed E-state index contributed by atoms with van der Waals surface area (Å²) in [5.74, 6) is -0.232. The number of nitro groups is 1. The molecule has 0 saturated heterocycles. The molecule has 0 heterocycles. The third kappa shape index (κ3) is 6.41. The van der Waals surface area contributed by atoms with Crippen molar-refractivity contribution in [3.05, 3.63) is 10.1 Å². The number of Topliss-reactive ketones (excluding diaryl/α,β-unsaturated/α-hetero) is 1. The topological polar surface area (TPSA) is 60.2 Å². The van der Waals surface area contributed by atoms with E-state index in [0.29, 0.717) is 25.7 Å². The zero-order chi connectivity index (χ0) is 9.56. The van der Waals surface area contributed by atoms with Gasteiger partial charge in [0.05, 0.1) is 0 Å². The summed E-state index contributed by atoms with van der Waals surface area (Å²) in [5, 5.41) is 10.4. The van der Waals surface area contributed by atoms with E-state index in [9.17, 15) is 14.9 Å². The van der Waals surface area contributed by atoms with E-state index < -0.39 is 11.0 Å². The van der Waals surface area contributed by atoms with Gasteiger partial charge in [-0.25, -0.2) is 0 Å². The third-order valence-electron chi connectivity index (χ3n) is 1.68. The quantitative estimate of drug-likeness (QED) is 0.381. The molecule has 1 unspecified atom stereocenters. The molecule has 0 rings (SSSR count). The van der Waals surface area contributed by atoms with Crippen molar-refractivity contribution in [2.45, 2.75) is 45.6 Å². The second-order valence-corrected chi connectivity index (χ2v) is 2.81. The van der Waals surface area contributed by atoms with Gasteiger partial charge >= 0.3 is 0 Å². The Morgan fingerprint density at radius 3 is 2.23 bits per heavy atom. The van der Waals surface area contributed by atoms with Crippen LogP contribution in [0.3, 0.4) is 0 Å². The summed E-state index contributed by atoms with van der Waals surface area (Å²) >= 11 is 0. The Balaban J connectivity index is 0. The summed E-state index contributed by atoms with van der Waals surface area (Å²) in [6.45, 7) is 3.69. The first-order chi connectivity index (χ1) is 5.63. The van der Waals surface area contributed by atoms with E-state index in [4.69, 9.17) is 0 Å². The predicted molar refractivity (Wildman–Crippen MR) is 51.4 cm³/mol. The number of ketones is 1. The van der Waals surface area contributed by atoms with Crippen LogP contribution in [0.5, 0.6) is 0 Å². The Hall–Kier alpha value is 0.330. The van der Waals surface area contributed by atoms with Crippen LogP contribution >= 0.6 is 0 Å². The Bertz CT molecular complexity index is 173. The molecule has 5 heteroatoms. The normalized spacial score (nSPS) is 11.5. The molecule has 13 heavy (non-hydrogen) atoms. The van der Waals surface area contributed by atoms with E-state index in [1.165, 1.54) is 0 Å². The van der Waals surface area contributed by atoms with Crippen molar-refractivity contribution >= 4 is 43.5 Å².